The van der Waals surface area contributed by atoms with E-state index in [0.29, 0.717) is 10.4 Å². The van der Waals surface area contributed by atoms with E-state index < -0.39 is 0 Å². The van der Waals surface area contributed by atoms with E-state index in [2.05, 4.69) is 45.6 Å². The molecule has 1 aliphatic rings. The molecule has 21 heavy (non-hydrogen) atoms. The van der Waals surface area contributed by atoms with Gasteiger partial charge in [-0.1, -0.05) is 42.8 Å². The van der Waals surface area contributed by atoms with E-state index in [4.69, 9.17) is 5.84 Å². The molecular weight excluding hydrogens is 331 g/mol. The summed E-state index contributed by atoms with van der Waals surface area (Å²) in [5, 5.41) is 0. The van der Waals surface area contributed by atoms with Gasteiger partial charge in [-0.15, -0.1) is 0 Å². The first-order chi connectivity index (χ1) is 10.2. The summed E-state index contributed by atoms with van der Waals surface area (Å²) in [6, 6.07) is 13.3. The van der Waals surface area contributed by atoms with Crippen molar-refractivity contribution in [2.75, 3.05) is 0 Å². The molecule has 1 atom stereocenters. The van der Waals surface area contributed by atoms with Crippen LogP contribution in [0.15, 0.2) is 46.9 Å². The molecule has 4 heteroatoms. The lowest BCUT2D eigenvalue weighted by Gasteiger charge is -2.26. The number of nitrogens with two attached hydrogens (primary N) is 1. The van der Waals surface area contributed by atoms with Crippen LogP contribution in [0.1, 0.15) is 47.9 Å². The third kappa shape index (κ3) is 2.89. The summed E-state index contributed by atoms with van der Waals surface area (Å²) in [4.78, 5) is 0. The molecule has 0 saturated heterocycles. The van der Waals surface area contributed by atoms with Crippen LogP contribution in [0, 0.1) is 5.82 Å². The lowest BCUT2D eigenvalue weighted by molar-refractivity contribution is 0.419. The van der Waals surface area contributed by atoms with Crippen LogP contribution in [-0.4, -0.2) is 0 Å². The highest BCUT2D eigenvalue weighted by molar-refractivity contribution is 9.10. The second kappa shape index (κ2) is 6.26. The third-order valence-electron chi connectivity index (χ3n) is 4.31. The number of hydrogen-bond donors (Lipinski definition) is 2. The van der Waals surface area contributed by atoms with Gasteiger partial charge < -0.3 is 0 Å². The molecule has 2 aromatic carbocycles. The second-order valence-electron chi connectivity index (χ2n) is 5.54. The number of hydrazine groups is 1. The molecule has 0 aromatic heterocycles. The average Bonchev–Trinajstić information content (AvgIpc) is 2.44. The van der Waals surface area contributed by atoms with Crippen LogP contribution >= 0.6 is 15.9 Å². The summed E-state index contributed by atoms with van der Waals surface area (Å²) < 4.78 is 14.2. The van der Waals surface area contributed by atoms with Gasteiger partial charge in [0.05, 0.1) is 10.5 Å². The van der Waals surface area contributed by atoms with Gasteiger partial charge in [-0.3, -0.25) is 5.84 Å². The van der Waals surface area contributed by atoms with Gasteiger partial charge in [0.15, 0.2) is 0 Å². The van der Waals surface area contributed by atoms with Gasteiger partial charge in [0.1, 0.15) is 5.82 Å². The molecule has 0 amide bonds. The molecule has 1 aliphatic carbocycles. The van der Waals surface area contributed by atoms with E-state index in [1.54, 1.807) is 6.07 Å². The van der Waals surface area contributed by atoms with Gasteiger partial charge >= 0.3 is 0 Å². The summed E-state index contributed by atoms with van der Waals surface area (Å²) in [5.41, 5.74) is 6.00. The minimum atomic E-state index is -0.279. The van der Waals surface area contributed by atoms with Gasteiger partial charge in [0.2, 0.25) is 0 Å². The van der Waals surface area contributed by atoms with Crippen molar-refractivity contribution in [3.63, 3.8) is 0 Å². The second-order valence-corrected chi connectivity index (χ2v) is 6.33. The quantitative estimate of drug-likeness (QED) is 0.634. The van der Waals surface area contributed by atoms with E-state index >= 15 is 0 Å². The van der Waals surface area contributed by atoms with Crippen LogP contribution in [-0.2, 0) is 0 Å². The van der Waals surface area contributed by atoms with Gasteiger partial charge in [0.25, 0.3) is 0 Å². The summed E-state index contributed by atoms with van der Waals surface area (Å²) in [7, 11) is 0. The summed E-state index contributed by atoms with van der Waals surface area (Å²) >= 11 is 3.31. The Bertz CT molecular complexity index is 623. The highest BCUT2D eigenvalue weighted by Gasteiger charge is 2.21. The highest BCUT2D eigenvalue weighted by Crippen LogP contribution is 2.37. The van der Waals surface area contributed by atoms with Crippen molar-refractivity contribution in [1.29, 1.82) is 0 Å². The van der Waals surface area contributed by atoms with Crippen molar-refractivity contribution in [2.45, 2.75) is 31.2 Å². The monoisotopic (exact) mass is 348 g/mol. The van der Waals surface area contributed by atoms with E-state index in [0.717, 1.165) is 11.1 Å². The normalized spacial score (nSPS) is 16.5. The maximum absolute atomic E-state index is 13.7. The Morgan fingerprint density at radius 1 is 1.14 bits per heavy atom. The maximum atomic E-state index is 13.7. The molecule has 110 valence electrons. The standard InChI is InChI=1S/C17H18BrFN2/c18-16-14(5-2-6-15(16)19)17(21-20)13-9-7-12(8-10-13)11-3-1-4-11/h2,5-11,17,21H,1,3-4,20H2. The maximum Gasteiger partial charge on any atom is 0.137 e. The van der Waals surface area contributed by atoms with Gasteiger partial charge in [-0.2, -0.15) is 0 Å². The number of rotatable bonds is 4. The van der Waals surface area contributed by atoms with Crippen LogP contribution in [0.25, 0.3) is 0 Å². The average molecular weight is 349 g/mol. The van der Waals surface area contributed by atoms with Crippen LogP contribution < -0.4 is 11.3 Å². The van der Waals surface area contributed by atoms with Crippen molar-refractivity contribution >= 4 is 15.9 Å². The predicted molar refractivity (Wildman–Crippen MR) is 86.3 cm³/mol. The Morgan fingerprint density at radius 3 is 2.43 bits per heavy atom. The van der Waals surface area contributed by atoms with Crippen molar-refractivity contribution < 1.29 is 4.39 Å². The van der Waals surface area contributed by atoms with Crippen LogP contribution in [0.3, 0.4) is 0 Å². The first kappa shape index (κ1) is 14.7. The van der Waals surface area contributed by atoms with E-state index in [1.807, 2.05) is 6.07 Å². The Kier molecular flexibility index (Phi) is 4.38. The summed E-state index contributed by atoms with van der Waals surface area (Å²) in [6.45, 7) is 0. The molecule has 0 aliphatic heterocycles. The minimum absolute atomic E-state index is 0.231. The molecule has 2 nitrogen and oxygen atoms in total. The highest BCUT2D eigenvalue weighted by atomic mass is 79.9. The molecule has 1 unspecified atom stereocenters. The lowest BCUT2D eigenvalue weighted by Crippen LogP contribution is -2.29. The predicted octanol–water partition coefficient (Wildman–Crippen LogP) is 4.41. The minimum Gasteiger partial charge on any atom is -0.271 e. The van der Waals surface area contributed by atoms with Crippen molar-refractivity contribution in [1.82, 2.24) is 5.43 Å². The fraction of sp³-hybridized carbons (Fsp3) is 0.294. The Hall–Kier alpha value is -1.23. The van der Waals surface area contributed by atoms with Gasteiger partial charge in [-0.25, -0.2) is 9.82 Å². The fourth-order valence-corrected chi connectivity index (χ4v) is 3.30. The van der Waals surface area contributed by atoms with E-state index in [-0.39, 0.29) is 11.9 Å². The van der Waals surface area contributed by atoms with Crippen molar-refractivity contribution in [3.8, 4) is 0 Å². The zero-order valence-corrected chi connectivity index (χ0v) is 13.2. The largest absolute Gasteiger partial charge is 0.271 e. The molecule has 3 N–H and O–H groups in total. The smallest absolute Gasteiger partial charge is 0.137 e. The molecule has 0 spiro atoms. The molecule has 0 heterocycles. The third-order valence-corrected chi connectivity index (χ3v) is 5.14. The van der Waals surface area contributed by atoms with Gasteiger partial charge in [-0.05, 0) is 57.4 Å². The molecule has 0 radical (unpaired) electrons. The first-order valence-electron chi connectivity index (χ1n) is 7.20. The topological polar surface area (TPSA) is 38.0 Å². The molecule has 1 saturated carbocycles. The zero-order chi connectivity index (χ0) is 14.8. The Balaban J connectivity index is 1.90. The molecule has 2 aromatic rings. The Morgan fingerprint density at radius 2 is 1.86 bits per heavy atom. The van der Waals surface area contributed by atoms with Crippen LogP contribution in [0.2, 0.25) is 0 Å². The molecule has 3 rings (SSSR count). The van der Waals surface area contributed by atoms with Crippen LogP contribution in [0.4, 0.5) is 4.39 Å². The first-order valence-corrected chi connectivity index (χ1v) is 8.00. The van der Waals surface area contributed by atoms with Crippen molar-refractivity contribution in [2.24, 2.45) is 5.84 Å². The number of benzene rings is 2. The SMILES string of the molecule is NNC(c1ccc(C2CCC2)cc1)c1cccc(F)c1Br. The Labute approximate surface area is 132 Å². The molecular formula is C17H18BrFN2. The molecule has 0 bridgehead atoms. The molecule has 1 fully saturated rings. The van der Waals surface area contributed by atoms with Crippen molar-refractivity contribution in [3.05, 3.63) is 69.4 Å². The number of nitrogens with one attached hydrogen (secondary N) is 1. The lowest BCUT2D eigenvalue weighted by atomic mass is 9.79. The van der Waals surface area contributed by atoms with E-state index in [9.17, 15) is 4.39 Å². The summed E-state index contributed by atoms with van der Waals surface area (Å²) in [5.74, 6) is 6.13. The summed E-state index contributed by atoms with van der Waals surface area (Å²) in [6.07, 6.45) is 3.90. The van der Waals surface area contributed by atoms with E-state index in [1.165, 1.54) is 30.9 Å². The fourth-order valence-electron chi connectivity index (χ4n) is 2.81. The van der Waals surface area contributed by atoms with Crippen LogP contribution in [0.5, 0.6) is 0 Å². The van der Waals surface area contributed by atoms with Gasteiger partial charge in [0, 0.05) is 0 Å². The zero-order valence-electron chi connectivity index (χ0n) is 11.7. The number of hydrogen-bond acceptors (Lipinski definition) is 2. The number of halogens is 2.